The van der Waals surface area contributed by atoms with Crippen molar-refractivity contribution in [3.05, 3.63) is 12.2 Å². The average molecular weight is 700 g/mol. The van der Waals surface area contributed by atoms with Gasteiger partial charge >= 0.3 is 0 Å². The van der Waals surface area contributed by atoms with Crippen molar-refractivity contribution in [2.75, 3.05) is 6.61 Å². The van der Waals surface area contributed by atoms with E-state index in [1.807, 2.05) is 6.92 Å². The van der Waals surface area contributed by atoms with Crippen LogP contribution in [-0.4, -0.2) is 79.8 Å². The third kappa shape index (κ3) is 23.7. The van der Waals surface area contributed by atoms with Crippen LogP contribution in [0.25, 0.3) is 0 Å². The van der Waals surface area contributed by atoms with Crippen molar-refractivity contribution in [2.24, 2.45) is 0 Å². The Bertz CT molecular complexity index is 770. The summed E-state index contributed by atoms with van der Waals surface area (Å²) >= 11 is 5.60. The van der Waals surface area contributed by atoms with Crippen molar-refractivity contribution in [2.45, 2.75) is 230 Å². The monoisotopic (exact) mass is 700 g/mol. The maximum atomic E-state index is 10.8. The van der Waals surface area contributed by atoms with E-state index in [1.165, 1.54) is 135 Å². The van der Waals surface area contributed by atoms with Crippen LogP contribution in [0.5, 0.6) is 0 Å². The van der Waals surface area contributed by atoms with Gasteiger partial charge in [-0.3, -0.25) is 0 Å². The first-order chi connectivity index (χ1) is 23.3. The molecule has 0 saturated carbocycles. The van der Waals surface area contributed by atoms with Crippen molar-refractivity contribution in [3.8, 4) is 0 Å². The van der Waals surface area contributed by atoms with Crippen molar-refractivity contribution >= 4 is 17.2 Å². The largest absolute Gasteiger partial charge is 0.393 e. The molecule has 0 aromatic heterocycles. The van der Waals surface area contributed by atoms with Gasteiger partial charge in [0, 0.05) is 6.42 Å². The Morgan fingerprint density at radius 1 is 0.688 bits per heavy atom. The Kier molecular flexibility index (Phi) is 29.5. The van der Waals surface area contributed by atoms with Gasteiger partial charge in [0.25, 0.3) is 0 Å². The highest BCUT2D eigenvalue weighted by Crippen LogP contribution is 2.19. The summed E-state index contributed by atoms with van der Waals surface area (Å²) in [6.07, 6.45) is 30.3. The van der Waals surface area contributed by atoms with Gasteiger partial charge in [-0.05, 0) is 25.7 Å². The Labute approximate surface area is 300 Å². The summed E-state index contributed by atoms with van der Waals surface area (Å²) < 4.78 is 5.88. The molecule has 1 aliphatic rings. The van der Waals surface area contributed by atoms with Crippen LogP contribution in [0, 0.1) is 0 Å². The molecule has 7 unspecified atom stereocenters. The molecule has 0 amide bonds. The van der Waals surface area contributed by atoms with Gasteiger partial charge in [-0.25, -0.2) is 0 Å². The van der Waals surface area contributed by atoms with Gasteiger partial charge in [-0.2, -0.15) is 0 Å². The highest BCUT2D eigenvalue weighted by atomic mass is 32.1. The number of hydrogen-bond acceptors (Lipinski definition) is 7. The standard InChI is InChI=1S/C40H77NO6S/c1-3-5-6-7-8-9-10-11-12-13-14-15-16-17-18-19-20-21-22-23-24-25-26-30-38(48)41-34(36(44)31-33(42)4-2)32-47-37-29-27-28-35(43)39(45)40(37)46/h27,29,33-37,39-40,42-46H,3-26,28,30-32H2,1-2H3,(H,41,48). The van der Waals surface area contributed by atoms with Crippen LogP contribution in [0.3, 0.4) is 0 Å². The summed E-state index contributed by atoms with van der Waals surface area (Å²) in [5.41, 5.74) is 0. The number of unbranched alkanes of at least 4 members (excludes halogenated alkanes) is 22. The Morgan fingerprint density at radius 2 is 1.12 bits per heavy atom. The number of hydrogen-bond donors (Lipinski definition) is 6. The summed E-state index contributed by atoms with van der Waals surface area (Å²) in [4.78, 5) is 0.657. The average Bonchev–Trinajstić information content (AvgIpc) is 3.19. The van der Waals surface area contributed by atoms with E-state index < -0.39 is 42.7 Å². The summed E-state index contributed by atoms with van der Waals surface area (Å²) in [6, 6.07) is -0.561. The zero-order chi connectivity index (χ0) is 35.2. The molecule has 0 aromatic rings. The first-order valence-electron chi connectivity index (χ1n) is 20.3. The van der Waals surface area contributed by atoms with Gasteiger partial charge in [0.15, 0.2) is 0 Å². The molecule has 0 radical (unpaired) electrons. The molecule has 0 fully saturated rings. The summed E-state index contributed by atoms with van der Waals surface area (Å²) in [6.45, 7) is 4.18. The van der Waals surface area contributed by atoms with Crippen LogP contribution in [0.2, 0.25) is 0 Å². The Hall–Kier alpha value is -0.610. The van der Waals surface area contributed by atoms with Crippen LogP contribution < -0.4 is 5.32 Å². The van der Waals surface area contributed by atoms with Gasteiger partial charge in [0.1, 0.15) is 18.3 Å². The van der Waals surface area contributed by atoms with E-state index in [9.17, 15) is 25.5 Å². The minimum atomic E-state index is -1.32. The summed E-state index contributed by atoms with van der Waals surface area (Å²) in [7, 11) is 0. The van der Waals surface area contributed by atoms with E-state index >= 15 is 0 Å². The number of nitrogens with one attached hydrogen (secondary N) is 1. The second-order valence-electron chi connectivity index (χ2n) is 14.6. The number of aliphatic hydroxyl groups excluding tert-OH is 5. The molecule has 6 N–H and O–H groups in total. The van der Waals surface area contributed by atoms with E-state index in [0.29, 0.717) is 11.4 Å². The minimum Gasteiger partial charge on any atom is -0.393 e. The molecule has 1 rings (SSSR count). The van der Waals surface area contributed by atoms with E-state index in [2.05, 4.69) is 12.2 Å². The smallest absolute Gasteiger partial charge is 0.112 e. The van der Waals surface area contributed by atoms with Gasteiger partial charge < -0.3 is 35.6 Å². The number of rotatable bonds is 32. The van der Waals surface area contributed by atoms with Crippen LogP contribution in [0.15, 0.2) is 12.2 Å². The highest BCUT2D eigenvalue weighted by molar-refractivity contribution is 7.80. The van der Waals surface area contributed by atoms with E-state index in [-0.39, 0.29) is 19.4 Å². The van der Waals surface area contributed by atoms with Crippen molar-refractivity contribution in [1.82, 2.24) is 5.32 Å². The van der Waals surface area contributed by atoms with E-state index in [4.69, 9.17) is 17.0 Å². The SMILES string of the molecule is CCCCCCCCCCCCCCCCCCCCCCCCCC(=S)NC(COC1C=CCC(O)C(O)C1O)C(O)CC(O)CC. The van der Waals surface area contributed by atoms with Crippen LogP contribution in [0.1, 0.15) is 187 Å². The van der Waals surface area contributed by atoms with Gasteiger partial charge in [0.05, 0.1) is 35.9 Å². The lowest BCUT2D eigenvalue weighted by Gasteiger charge is -2.30. The second-order valence-corrected chi connectivity index (χ2v) is 15.1. The van der Waals surface area contributed by atoms with Crippen molar-refractivity contribution in [1.29, 1.82) is 0 Å². The van der Waals surface area contributed by atoms with E-state index in [1.54, 1.807) is 12.2 Å². The lowest BCUT2D eigenvalue weighted by Crippen LogP contribution is -2.49. The molecule has 0 spiro atoms. The molecule has 284 valence electrons. The molecular weight excluding hydrogens is 623 g/mol. The first-order valence-corrected chi connectivity index (χ1v) is 20.7. The number of ether oxygens (including phenoxy) is 1. The Balaban J connectivity index is 2.06. The fourth-order valence-corrected chi connectivity index (χ4v) is 6.90. The highest BCUT2D eigenvalue weighted by Gasteiger charge is 2.33. The molecule has 0 saturated heterocycles. The zero-order valence-corrected chi connectivity index (χ0v) is 31.9. The molecule has 0 bridgehead atoms. The van der Waals surface area contributed by atoms with Gasteiger partial charge in [0.2, 0.25) is 0 Å². The maximum absolute atomic E-state index is 10.8. The van der Waals surface area contributed by atoms with Crippen LogP contribution in [0.4, 0.5) is 0 Å². The molecule has 7 nitrogen and oxygen atoms in total. The van der Waals surface area contributed by atoms with Crippen molar-refractivity contribution < 1.29 is 30.3 Å². The topological polar surface area (TPSA) is 122 Å². The molecule has 8 heteroatoms. The first kappa shape index (κ1) is 45.4. The molecule has 1 aliphatic carbocycles. The zero-order valence-electron chi connectivity index (χ0n) is 31.0. The van der Waals surface area contributed by atoms with Gasteiger partial charge in [-0.1, -0.05) is 179 Å². The van der Waals surface area contributed by atoms with Crippen LogP contribution in [-0.2, 0) is 4.74 Å². The fourth-order valence-electron chi connectivity index (χ4n) is 6.60. The molecule has 48 heavy (non-hydrogen) atoms. The second kappa shape index (κ2) is 31.2. The molecular formula is C40H77NO6S. The predicted octanol–water partition coefficient (Wildman–Crippen LogP) is 8.60. The van der Waals surface area contributed by atoms with Crippen LogP contribution >= 0.6 is 12.2 Å². The number of aliphatic hydroxyl groups is 5. The fraction of sp³-hybridized carbons (Fsp3) is 0.925. The number of thiocarbonyl (C=S) groups is 1. The lowest BCUT2D eigenvalue weighted by molar-refractivity contribution is -0.110. The predicted molar refractivity (Wildman–Crippen MR) is 204 cm³/mol. The molecule has 0 aromatic carbocycles. The normalized spacial score (nSPS) is 21.6. The molecule has 7 atom stereocenters. The van der Waals surface area contributed by atoms with Gasteiger partial charge in [-0.15, -0.1) is 0 Å². The summed E-state index contributed by atoms with van der Waals surface area (Å²) in [5, 5.41) is 54.6. The molecule has 0 aliphatic heterocycles. The van der Waals surface area contributed by atoms with E-state index in [0.717, 1.165) is 19.3 Å². The third-order valence-corrected chi connectivity index (χ3v) is 10.4. The quantitative estimate of drug-likeness (QED) is 0.0235. The Morgan fingerprint density at radius 3 is 1.56 bits per heavy atom. The minimum absolute atomic E-state index is 0.0338. The lowest BCUT2D eigenvalue weighted by atomic mass is 10.0. The molecule has 0 heterocycles. The summed E-state index contributed by atoms with van der Waals surface area (Å²) in [5.74, 6) is 0. The third-order valence-electron chi connectivity index (χ3n) is 10.1. The van der Waals surface area contributed by atoms with Crippen molar-refractivity contribution in [3.63, 3.8) is 0 Å². The maximum Gasteiger partial charge on any atom is 0.112 e.